The summed E-state index contributed by atoms with van der Waals surface area (Å²) < 4.78 is 5.92. The van der Waals surface area contributed by atoms with Gasteiger partial charge in [-0.25, -0.2) is 0 Å². The highest BCUT2D eigenvalue weighted by Gasteiger charge is 2.33. The van der Waals surface area contributed by atoms with Crippen LogP contribution < -0.4 is 20.3 Å². The molecule has 0 radical (unpaired) electrons. The lowest BCUT2D eigenvalue weighted by Gasteiger charge is -2.34. The summed E-state index contributed by atoms with van der Waals surface area (Å²) in [5, 5.41) is 20.3. The highest BCUT2D eigenvalue weighted by Crippen LogP contribution is 2.36. The van der Waals surface area contributed by atoms with Crippen molar-refractivity contribution in [3.05, 3.63) is 54.6 Å². The van der Waals surface area contributed by atoms with E-state index in [1.807, 2.05) is 31.3 Å². The topological polar surface area (TPSA) is 82.5 Å². The van der Waals surface area contributed by atoms with Crippen molar-refractivity contribution in [3.63, 3.8) is 0 Å². The van der Waals surface area contributed by atoms with Gasteiger partial charge in [0.1, 0.15) is 18.2 Å². The molecule has 0 amide bonds. The largest absolute Gasteiger partial charge is 0.508 e. The number of likely N-dealkylation sites (N-methyl/N-ethyl adjacent to an activating group) is 1. The molecular formula is C27H29N5O2. The molecule has 174 valence electrons. The Labute approximate surface area is 198 Å². The van der Waals surface area contributed by atoms with E-state index in [-0.39, 0.29) is 5.75 Å². The van der Waals surface area contributed by atoms with Crippen LogP contribution in [0.25, 0.3) is 32.8 Å². The number of hydrogen-bond acceptors (Lipinski definition) is 7. The predicted molar refractivity (Wildman–Crippen MR) is 136 cm³/mol. The summed E-state index contributed by atoms with van der Waals surface area (Å²) in [5.41, 5.74) is 2.83. The van der Waals surface area contributed by atoms with Gasteiger partial charge in [0.25, 0.3) is 0 Å². The molecule has 7 nitrogen and oxygen atoms in total. The van der Waals surface area contributed by atoms with Crippen molar-refractivity contribution < 1.29 is 9.84 Å². The number of nitrogens with zero attached hydrogens (tertiary/aromatic N) is 3. The number of aromatic hydroxyl groups is 1. The summed E-state index contributed by atoms with van der Waals surface area (Å²) in [4.78, 5) is 12.0. The van der Waals surface area contributed by atoms with E-state index in [4.69, 9.17) is 14.7 Å². The van der Waals surface area contributed by atoms with Crippen LogP contribution in [0.2, 0.25) is 0 Å². The molecule has 3 N–H and O–H groups in total. The number of phenols is 1. The Morgan fingerprint density at radius 1 is 1.03 bits per heavy atom. The maximum absolute atomic E-state index is 10.4. The zero-order valence-corrected chi connectivity index (χ0v) is 19.3. The molecule has 6 rings (SSSR count). The molecule has 2 atom stereocenters. The van der Waals surface area contributed by atoms with Crippen molar-refractivity contribution in [1.82, 2.24) is 20.6 Å². The number of anilines is 1. The summed E-state index contributed by atoms with van der Waals surface area (Å²) in [6.07, 6.45) is 2.43. The molecule has 34 heavy (non-hydrogen) atoms. The summed E-state index contributed by atoms with van der Waals surface area (Å²) in [6.45, 7) is 3.12. The maximum atomic E-state index is 10.4. The lowest BCUT2D eigenvalue weighted by atomic mass is 9.97. The van der Waals surface area contributed by atoms with E-state index in [0.29, 0.717) is 24.7 Å². The molecule has 2 fully saturated rings. The van der Waals surface area contributed by atoms with Crippen molar-refractivity contribution in [2.45, 2.75) is 24.9 Å². The van der Waals surface area contributed by atoms with Gasteiger partial charge in [-0.1, -0.05) is 30.3 Å². The number of ether oxygens (including phenoxy) is 1. The van der Waals surface area contributed by atoms with Crippen LogP contribution in [0, 0.1) is 0 Å². The van der Waals surface area contributed by atoms with E-state index in [1.165, 1.54) is 12.8 Å². The zero-order valence-electron chi connectivity index (χ0n) is 19.3. The molecule has 2 saturated heterocycles. The molecule has 1 aromatic heterocycles. The van der Waals surface area contributed by atoms with Crippen molar-refractivity contribution >= 4 is 27.5 Å². The van der Waals surface area contributed by atoms with E-state index < -0.39 is 0 Å². The molecule has 0 aliphatic carbocycles. The number of rotatable bonds is 6. The molecular weight excluding hydrogens is 426 g/mol. The van der Waals surface area contributed by atoms with Gasteiger partial charge in [-0.2, -0.15) is 9.97 Å². The van der Waals surface area contributed by atoms with Gasteiger partial charge in [0.15, 0.2) is 0 Å². The van der Waals surface area contributed by atoms with Gasteiger partial charge in [-0.15, -0.1) is 0 Å². The average molecular weight is 456 g/mol. The highest BCUT2D eigenvalue weighted by molar-refractivity contribution is 6.00. The predicted octanol–water partition coefficient (Wildman–Crippen LogP) is 3.69. The van der Waals surface area contributed by atoms with E-state index in [2.05, 4.69) is 39.8 Å². The Hall–Kier alpha value is -3.42. The van der Waals surface area contributed by atoms with Crippen LogP contribution >= 0.6 is 0 Å². The summed E-state index contributed by atoms with van der Waals surface area (Å²) in [6, 6.07) is 19.5. The van der Waals surface area contributed by atoms with Crippen LogP contribution in [-0.4, -0.2) is 60.4 Å². The Balaban J connectivity index is 1.47. The average Bonchev–Trinajstić information content (AvgIpc) is 3.20. The van der Waals surface area contributed by atoms with Crippen molar-refractivity contribution in [1.29, 1.82) is 0 Å². The molecule has 3 heterocycles. The van der Waals surface area contributed by atoms with Gasteiger partial charge < -0.3 is 25.4 Å². The first-order chi connectivity index (χ1) is 16.7. The van der Waals surface area contributed by atoms with Crippen LogP contribution in [0.15, 0.2) is 54.6 Å². The van der Waals surface area contributed by atoms with Crippen LogP contribution in [0.4, 0.5) is 5.82 Å². The van der Waals surface area contributed by atoms with E-state index in [0.717, 1.165) is 58.3 Å². The van der Waals surface area contributed by atoms with Gasteiger partial charge in [0, 0.05) is 37.1 Å². The van der Waals surface area contributed by atoms with Crippen LogP contribution in [0.1, 0.15) is 12.8 Å². The first-order valence-corrected chi connectivity index (χ1v) is 12.0. The molecule has 0 saturated carbocycles. The quantitative estimate of drug-likeness (QED) is 0.383. The molecule has 3 aromatic carbocycles. The highest BCUT2D eigenvalue weighted by atomic mass is 16.5. The Bertz CT molecular complexity index is 1350. The molecule has 4 aromatic rings. The minimum absolute atomic E-state index is 0.254. The fourth-order valence-electron chi connectivity index (χ4n) is 5.31. The normalized spacial score (nSPS) is 19.7. The number of piperazine rings is 1. The molecule has 2 unspecified atom stereocenters. The van der Waals surface area contributed by atoms with Crippen molar-refractivity contribution in [3.8, 4) is 22.9 Å². The lowest BCUT2D eigenvalue weighted by Crippen LogP contribution is -2.51. The van der Waals surface area contributed by atoms with Crippen LogP contribution in [0.3, 0.4) is 0 Å². The third-order valence-electron chi connectivity index (χ3n) is 6.91. The molecule has 2 aliphatic heterocycles. The summed E-state index contributed by atoms with van der Waals surface area (Å²) >= 11 is 0. The van der Waals surface area contributed by atoms with Crippen LogP contribution in [0.5, 0.6) is 11.8 Å². The second kappa shape index (κ2) is 8.74. The van der Waals surface area contributed by atoms with Gasteiger partial charge >= 0.3 is 6.01 Å². The van der Waals surface area contributed by atoms with Crippen molar-refractivity contribution in [2.75, 3.05) is 38.2 Å². The second-order valence-electron chi connectivity index (χ2n) is 9.27. The smallest absolute Gasteiger partial charge is 0.318 e. The first kappa shape index (κ1) is 21.1. The van der Waals surface area contributed by atoms with E-state index >= 15 is 0 Å². The second-order valence-corrected chi connectivity index (χ2v) is 9.27. The number of benzene rings is 3. The SMILES string of the molecule is CNCCOc1nc(N2CC3CCC(C2)N3)c2ccc(-c3cc(O)cc4ccccc34)cc2n1. The minimum atomic E-state index is 0.254. The standard InChI is InChI=1S/C27H29N5O2/c1-28-10-11-34-27-30-25-13-18(24-14-21(33)12-17-4-2-3-5-22(17)24)6-9-23(25)26(31-27)32-15-19-7-8-20(16-32)29-19/h2-6,9,12-14,19-20,28-29,33H,7-8,10-11,15-16H2,1H3. The van der Waals surface area contributed by atoms with Crippen LogP contribution in [-0.2, 0) is 0 Å². The third-order valence-corrected chi connectivity index (χ3v) is 6.91. The molecule has 0 spiro atoms. The molecule has 2 bridgehead atoms. The Morgan fingerprint density at radius 2 is 1.85 bits per heavy atom. The fraction of sp³-hybridized carbons (Fsp3) is 0.333. The minimum Gasteiger partial charge on any atom is -0.508 e. The number of aromatic nitrogens is 2. The number of fused-ring (bicyclic) bond motifs is 4. The van der Waals surface area contributed by atoms with Gasteiger partial charge in [-0.05, 0) is 66.1 Å². The zero-order chi connectivity index (χ0) is 23.1. The van der Waals surface area contributed by atoms with Crippen molar-refractivity contribution in [2.24, 2.45) is 0 Å². The molecule has 2 aliphatic rings. The number of hydrogen-bond donors (Lipinski definition) is 3. The molecule has 7 heteroatoms. The monoisotopic (exact) mass is 455 g/mol. The maximum Gasteiger partial charge on any atom is 0.318 e. The lowest BCUT2D eigenvalue weighted by molar-refractivity contribution is 0.294. The van der Waals surface area contributed by atoms with Gasteiger partial charge in [0.2, 0.25) is 0 Å². The van der Waals surface area contributed by atoms with Gasteiger partial charge in [0.05, 0.1) is 5.52 Å². The van der Waals surface area contributed by atoms with E-state index in [9.17, 15) is 5.11 Å². The first-order valence-electron chi connectivity index (χ1n) is 12.0. The van der Waals surface area contributed by atoms with E-state index in [1.54, 1.807) is 6.07 Å². The summed E-state index contributed by atoms with van der Waals surface area (Å²) in [7, 11) is 1.90. The number of phenolic OH excluding ortho intramolecular Hbond substituents is 1. The fourth-order valence-corrected chi connectivity index (χ4v) is 5.31. The summed E-state index contributed by atoms with van der Waals surface area (Å²) in [5.74, 6) is 1.19. The number of nitrogens with one attached hydrogen (secondary N) is 2. The Morgan fingerprint density at radius 3 is 2.68 bits per heavy atom. The third kappa shape index (κ3) is 3.91. The Kier molecular flexibility index (Phi) is 5.43. The van der Waals surface area contributed by atoms with Gasteiger partial charge in [-0.3, -0.25) is 0 Å².